The van der Waals surface area contributed by atoms with Gasteiger partial charge in [0.05, 0.1) is 24.5 Å². The van der Waals surface area contributed by atoms with E-state index >= 15 is 0 Å². The normalized spacial score (nSPS) is 17.7. The van der Waals surface area contributed by atoms with Crippen molar-refractivity contribution in [2.75, 3.05) is 17.7 Å². The molecule has 146 valence electrons. The quantitative estimate of drug-likeness (QED) is 0.747. The van der Waals surface area contributed by atoms with Crippen molar-refractivity contribution in [2.24, 2.45) is 11.8 Å². The van der Waals surface area contributed by atoms with Crippen LogP contribution >= 0.6 is 0 Å². The zero-order valence-corrected chi connectivity index (χ0v) is 16.2. The number of hydrogen-bond acceptors (Lipinski definition) is 4. The van der Waals surface area contributed by atoms with Crippen LogP contribution < -0.4 is 10.6 Å². The van der Waals surface area contributed by atoms with E-state index in [2.05, 4.69) is 29.2 Å². The lowest BCUT2D eigenvalue weighted by Gasteiger charge is -2.09. The highest BCUT2D eigenvalue weighted by Crippen LogP contribution is 2.40. The van der Waals surface area contributed by atoms with E-state index in [1.807, 2.05) is 24.3 Å². The molecule has 0 bridgehead atoms. The summed E-state index contributed by atoms with van der Waals surface area (Å²) in [4.78, 5) is 36.4. The number of esters is 1. The topological polar surface area (TPSA) is 84.5 Å². The van der Waals surface area contributed by atoms with E-state index in [1.54, 1.807) is 24.3 Å². The summed E-state index contributed by atoms with van der Waals surface area (Å²) < 4.78 is 4.68. The Morgan fingerprint density at radius 3 is 2.11 bits per heavy atom. The van der Waals surface area contributed by atoms with Crippen molar-refractivity contribution >= 4 is 29.2 Å². The largest absolute Gasteiger partial charge is 0.465 e. The van der Waals surface area contributed by atoms with Gasteiger partial charge < -0.3 is 15.4 Å². The Morgan fingerprint density at radius 2 is 1.54 bits per heavy atom. The lowest BCUT2D eigenvalue weighted by molar-refractivity contribution is -0.122. The van der Waals surface area contributed by atoms with Crippen LogP contribution in [-0.4, -0.2) is 24.9 Å². The van der Waals surface area contributed by atoms with Gasteiger partial charge in [0, 0.05) is 11.4 Å². The molecule has 1 fully saturated rings. The van der Waals surface area contributed by atoms with Gasteiger partial charge in [0.15, 0.2) is 0 Å². The van der Waals surface area contributed by atoms with E-state index in [4.69, 9.17) is 0 Å². The van der Waals surface area contributed by atoms with Gasteiger partial charge in [-0.15, -0.1) is 0 Å². The first-order chi connectivity index (χ1) is 13.4. The Kier molecular flexibility index (Phi) is 5.78. The molecule has 2 N–H and O–H groups in total. The second-order valence-corrected chi connectivity index (χ2v) is 7.28. The molecule has 6 nitrogen and oxygen atoms in total. The summed E-state index contributed by atoms with van der Waals surface area (Å²) in [6.07, 6.45) is 0.512. The van der Waals surface area contributed by atoms with Crippen molar-refractivity contribution in [1.29, 1.82) is 0 Å². The molecule has 1 aliphatic carbocycles. The molecular formula is C22H24N2O4. The summed E-state index contributed by atoms with van der Waals surface area (Å²) in [5.41, 5.74) is 2.79. The lowest BCUT2D eigenvalue weighted by atomic mass is 10.0. The molecule has 2 atom stereocenters. The first-order valence-corrected chi connectivity index (χ1v) is 9.29. The molecule has 0 radical (unpaired) electrons. The minimum atomic E-state index is -0.469. The molecule has 28 heavy (non-hydrogen) atoms. The summed E-state index contributed by atoms with van der Waals surface area (Å²) >= 11 is 0. The molecule has 2 unspecified atom stereocenters. The molecular weight excluding hydrogens is 356 g/mol. The molecule has 2 amide bonds. The average molecular weight is 380 g/mol. The van der Waals surface area contributed by atoms with Gasteiger partial charge in [-0.2, -0.15) is 0 Å². The van der Waals surface area contributed by atoms with Crippen molar-refractivity contribution in [3.8, 4) is 0 Å². The Labute approximate surface area is 164 Å². The minimum Gasteiger partial charge on any atom is -0.465 e. The molecule has 6 heteroatoms. The zero-order chi connectivity index (χ0) is 20.3. The standard InChI is InChI=1S/C22H24N2O4/c1-13(2)14-7-9-16(10-8-14)23-20(25)18-12-19(18)21(26)24-17-6-4-5-15(11-17)22(27)28-3/h4-11,13,18-19H,12H2,1-3H3,(H,23,25)(H,24,26). The number of rotatable bonds is 6. The SMILES string of the molecule is COC(=O)c1cccc(NC(=O)C2CC2C(=O)Nc2ccc(C(C)C)cc2)c1. The fraction of sp³-hybridized carbons (Fsp3) is 0.318. The predicted molar refractivity (Wildman–Crippen MR) is 107 cm³/mol. The van der Waals surface area contributed by atoms with Crippen LogP contribution in [0.3, 0.4) is 0 Å². The number of nitrogens with one attached hydrogen (secondary N) is 2. The summed E-state index contributed by atoms with van der Waals surface area (Å²) in [5.74, 6) is -1.12. The molecule has 2 aromatic rings. The molecule has 1 saturated carbocycles. The molecule has 3 rings (SSSR count). The van der Waals surface area contributed by atoms with Crippen molar-refractivity contribution in [3.63, 3.8) is 0 Å². The second kappa shape index (κ2) is 8.25. The van der Waals surface area contributed by atoms with E-state index in [0.717, 1.165) is 5.69 Å². The number of hydrogen-bond donors (Lipinski definition) is 2. The number of benzene rings is 2. The van der Waals surface area contributed by atoms with Crippen molar-refractivity contribution in [1.82, 2.24) is 0 Å². The maximum Gasteiger partial charge on any atom is 0.337 e. The van der Waals surface area contributed by atoms with E-state index in [-0.39, 0.29) is 23.7 Å². The molecule has 0 spiro atoms. The number of ether oxygens (including phenoxy) is 1. The highest BCUT2D eigenvalue weighted by Gasteiger charge is 2.48. The third kappa shape index (κ3) is 4.57. The van der Waals surface area contributed by atoms with Crippen molar-refractivity contribution in [3.05, 3.63) is 59.7 Å². The van der Waals surface area contributed by atoms with Crippen LogP contribution in [0.2, 0.25) is 0 Å². The van der Waals surface area contributed by atoms with Crippen LogP contribution in [0.25, 0.3) is 0 Å². The maximum absolute atomic E-state index is 12.4. The lowest BCUT2D eigenvalue weighted by Crippen LogP contribution is -2.20. The van der Waals surface area contributed by atoms with Gasteiger partial charge in [-0.1, -0.05) is 32.0 Å². The number of amides is 2. The summed E-state index contributed by atoms with van der Waals surface area (Å²) in [5, 5.41) is 5.64. The van der Waals surface area contributed by atoms with Gasteiger partial charge in [-0.3, -0.25) is 9.59 Å². The Bertz CT molecular complexity index is 890. The number of carbonyl (C=O) groups excluding carboxylic acids is 3. The third-order valence-electron chi connectivity index (χ3n) is 4.86. The zero-order valence-electron chi connectivity index (χ0n) is 16.2. The summed E-state index contributed by atoms with van der Waals surface area (Å²) in [7, 11) is 1.30. The third-order valence-corrected chi connectivity index (χ3v) is 4.86. The van der Waals surface area contributed by atoms with E-state index < -0.39 is 5.97 Å². The van der Waals surface area contributed by atoms with Crippen LogP contribution in [0.4, 0.5) is 11.4 Å². The Hall–Kier alpha value is -3.15. The van der Waals surface area contributed by atoms with Crippen LogP contribution in [0.5, 0.6) is 0 Å². The molecule has 0 saturated heterocycles. The van der Waals surface area contributed by atoms with Crippen molar-refractivity contribution in [2.45, 2.75) is 26.2 Å². The molecule has 0 aliphatic heterocycles. The number of anilines is 2. The monoisotopic (exact) mass is 380 g/mol. The van der Waals surface area contributed by atoms with Crippen LogP contribution in [-0.2, 0) is 14.3 Å². The Balaban J connectivity index is 1.55. The fourth-order valence-electron chi connectivity index (χ4n) is 3.04. The summed E-state index contributed by atoms with van der Waals surface area (Å²) in [6.45, 7) is 4.23. The molecule has 0 aromatic heterocycles. The highest BCUT2D eigenvalue weighted by molar-refractivity contribution is 6.03. The maximum atomic E-state index is 12.4. The average Bonchev–Trinajstić information content (AvgIpc) is 3.49. The highest BCUT2D eigenvalue weighted by atomic mass is 16.5. The smallest absolute Gasteiger partial charge is 0.337 e. The first kappa shape index (κ1) is 19.6. The van der Waals surface area contributed by atoms with E-state index in [0.29, 0.717) is 23.6 Å². The van der Waals surface area contributed by atoms with Crippen LogP contribution in [0.15, 0.2) is 48.5 Å². The predicted octanol–water partition coefficient (Wildman–Crippen LogP) is 3.81. The van der Waals surface area contributed by atoms with Crippen molar-refractivity contribution < 1.29 is 19.1 Å². The van der Waals surface area contributed by atoms with E-state index in [9.17, 15) is 14.4 Å². The minimum absolute atomic E-state index is 0.152. The van der Waals surface area contributed by atoms with Crippen LogP contribution in [0, 0.1) is 11.8 Å². The van der Waals surface area contributed by atoms with Gasteiger partial charge in [0.2, 0.25) is 11.8 Å². The van der Waals surface area contributed by atoms with Gasteiger partial charge in [-0.05, 0) is 48.2 Å². The number of carbonyl (C=O) groups is 3. The summed E-state index contributed by atoms with van der Waals surface area (Å²) in [6, 6.07) is 14.3. The Morgan fingerprint density at radius 1 is 0.929 bits per heavy atom. The van der Waals surface area contributed by atoms with Gasteiger partial charge >= 0.3 is 5.97 Å². The van der Waals surface area contributed by atoms with Gasteiger partial charge in [-0.25, -0.2) is 4.79 Å². The molecule has 2 aromatic carbocycles. The second-order valence-electron chi connectivity index (χ2n) is 7.28. The van der Waals surface area contributed by atoms with Crippen LogP contribution in [0.1, 0.15) is 42.1 Å². The first-order valence-electron chi connectivity index (χ1n) is 9.29. The molecule has 1 aliphatic rings. The molecule has 0 heterocycles. The van der Waals surface area contributed by atoms with E-state index in [1.165, 1.54) is 12.7 Å². The number of methoxy groups -OCH3 is 1. The fourth-order valence-corrected chi connectivity index (χ4v) is 3.04. The van der Waals surface area contributed by atoms with Gasteiger partial charge in [0.25, 0.3) is 0 Å². The van der Waals surface area contributed by atoms with Gasteiger partial charge in [0.1, 0.15) is 0 Å².